The third kappa shape index (κ3) is 2.92. The molecule has 9 heteroatoms. The highest BCUT2D eigenvalue weighted by atomic mass is 19.1. The molecule has 0 bridgehead atoms. The second kappa shape index (κ2) is 7.03. The fourth-order valence-corrected chi connectivity index (χ4v) is 3.02. The fraction of sp³-hybridized carbons (Fsp3) is 0.0526. The minimum Gasteiger partial charge on any atom is -0.375 e. The molecule has 0 saturated heterocycles. The van der Waals surface area contributed by atoms with Gasteiger partial charge in [0.15, 0.2) is 12.6 Å². The number of hydrogen-bond acceptors (Lipinski definition) is 5. The van der Waals surface area contributed by atoms with Crippen LogP contribution in [-0.4, -0.2) is 32.1 Å². The van der Waals surface area contributed by atoms with Crippen molar-refractivity contribution in [3.05, 3.63) is 71.6 Å². The van der Waals surface area contributed by atoms with E-state index in [1.165, 1.54) is 24.7 Å². The molecule has 1 aliphatic rings. The number of aromatic amines is 1. The summed E-state index contributed by atoms with van der Waals surface area (Å²) in [6.45, 7) is 0.405. The predicted octanol–water partition coefficient (Wildman–Crippen LogP) is 3.26. The van der Waals surface area contributed by atoms with Crippen molar-refractivity contribution >= 4 is 29.3 Å². The zero-order valence-electron chi connectivity index (χ0n) is 14.3. The molecule has 0 spiro atoms. The first-order valence-corrected chi connectivity index (χ1v) is 8.24. The van der Waals surface area contributed by atoms with Crippen molar-refractivity contribution in [2.75, 3.05) is 5.32 Å². The molecular weight excluding hydrogens is 368 g/mol. The molecule has 5 rings (SSSR count). The maximum Gasteiger partial charge on any atom is 0.170 e. The number of carbonyl (C=O) groups is 2. The van der Waals surface area contributed by atoms with Crippen molar-refractivity contribution in [1.29, 1.82) is 0 Å². The van der Waals surface area contributed by atoms with Gasteiger partial charge in [-0.05, 0) is 12.1 Å². The van der Waals surface area contributed by atoms with E-state index in [2.05, 4.69) is 20.3 Å². The lowest BCUT2D eigenvalue weighted by atomic mass is 10.2. The normalized spacial score (nSPS) is 11.6. The summed E-state index contributed by atoms with van der Waals surface area (Å²) >= 11 is 0. The highest BCUT2D eigenvalue weighted by Gasteiger charge is 2.20. The molecule has 1 aliphatic heterocycles. The Balaban J connectivity index is 0.000000143. The second-order valence-corrected chi connectivity index (χ2v) is 5.96. The van der Waals surface area contributed by atoms with E-state index in [1.54, 1.807) is 16.7 Å². The number of rotatable bonds is 2. The molecule has 2 N–H and O–H groups in total. The van der Waals surface area contributed by atoms with Gasteiger partial charge in [0.25, 0.3) is 0 Å². The second-order valence-electron chi connectivity index (χ2n) is 5.96. The van der Waals surface area contributed by atoms with Crippen LogP contribution in [0.25, 0.3) is 16.7 Å². The van der Waals surface area contributed by atoms with Gasteiger partial charge in [-0.2, -0.15) is 0 Å². The molecule has 0 atom stereocenters. The number of nitrogens with zero attached hydrogens (tertiary/aromatic N) is 3. The van der Waals surface area contributed by atoms with E-state index in [0.717, 1.165) is 11.9 Å². The number of aldehydes is 2. The third-order valence-electron chi connectivity index (χ3n) is 4.33. The third-order valence-corrected chi connectivity index (χ3v) is 4.33. The van der Waals surface area contributed by atoms with Crippen LogP contribution >= 0.6 is 0 Å². The number of aromatic nitrogens is 4. The molecule has 0 aliphatic carbocycles. The SMILES string of the molecule is O=Cc1c[nH]c2cc(F)cnc12.O=Cc1ncn2c1CNc1c(F)cccc1-2. The summed E-state index contributed by atoms with van der Waals surface area (Å²) in [5, 5.41) is 2.95. The summed E-state index contributed by atoms with van der Waals surface area (Å²) in [7, 11) is 0. The predicted molar refractivity (Wildman–Crippen MR) is 97.7 cm³/mol. The number of carbonyl (C=O) groups excluding carboxylic acids is 2. The van der Waals surface area contributed by atoms with Crippen LogP contribution in [0.1, 0.15) is 26.5 Å². The highest BCUT2D eigenvalue weighted by molar-refractivity contribution is 5.94. The number of halogens is 2. The quantitative estimate of drug-likeness (QED) is 0.520. The van der Waals surface area contributed by atoms with Gasteiger partial charge in [0.1, 0.15) is 23.7 Å². The number of imidazole rings is 1. The van der Waals surface area contributed by atoms with Crippen LogP contribution in [0, 0.1) is 11.6 Å². The number of benzene rings is 1. The van der Waals surface area contributed by atoms with Crippen molar-refractivity contribution in [3.63, 3.8) is 0 Å². The van der Waals surface area contributed by atoms with Gasteiger partial charge < -0.3 is 10.3 Å². The Kier molecular flexibility index (Phi) is 4.40. The Labute approximate surface area is 157 Å². The molecule has 1 aromatic carbocycles. The van der Waals surface area contributed by atoms with Crippen molar-refractivity contribution in [1.82, 2.24) is 19.5 Å². The van der Waals surface area contributed by atoms with E-state index in [0.29, 0.717) is 52.8 Å². The van der Waals surface area contributed by atoms with E-state index in [1.807, 2.05) is 0 Å². The first-order valence-electron chi connectivity index (χ1n) is 8.24. The lowest BCUT2D eigenvalue weighted by molar-refractivity contribution is 0.111. The van der Waals surface area contributed by atoms with Crippen LogP contribution in [0.2, 0.25) is 0 Å². The summed E-state index contributed by atoms with van der Waals surface area (Å²) < 4.78 is 27.8. The first-order chi connectivity index (χ1) is 13.6. The van der Waals surface area contributed by atoms with Crippen molar-refractivity contribution in [3.8, 4) is 5.69 Å². The lowest BCUT2D eigenvalue weighted by Gasteiger charge is -2.21. The molecule has 3 aromatic heterocycles. The van der Waals surface area contributed by atoms with Gasteiger partial charge in [-0.15, -0.1) is 0 Å². The van der Waals surface area contributed by atoms with E-state index in [9.17, 15) is 18.4 Å². The van der Waals surface area contributed by atoms with Gasteiger partial charge in [-0.3, -0.25) is 19.1 Å². The number of nitrogens with one attached hydrogen (secondary N) is 2. The van der Waals surface area contributed by atoms with Gasteiger partial charge >= 0.3 is 0 Å². The average molecular weight is 381 g/mol. The van der Waals surface area contributed by atoms with E-state index in [-0.39, 0.29) is 5.82 Å². The molecule has 4 aromatic rings. The maximum atomic E-state index is 13.5. The van der Waals surface area contributed by atoms with Crippen molar-refractivity contribution in [2.45, 2.75) is 6.54 Å². The molecule has 0 amide bonds. The Hall–Kier alpha value is -3.88. The van der Waals surface area contributed by atoms with Crippen molar-refractivity contribution in [2.24, 2.45) is 0 Å². The topological polar surface area (TPSA) is 92.7 Å². The van der Waals surface area contributed by atoms with Gasteiger partial charge in [-0.25, -0.2) is 13.8 Å². The highest BCUT2D eigenvalue weighted by Crippen LogP contribution is 2.30. The molecule has 140 valence electrons. The summed E-state index contributed by atoms with van der Waals surface area (Å²) in [6, 6.07) is 6.11. The van der Waals surface area contributed by atoms with E-state index in [4.69, 9.17) is 0 Å². The minimum atomic E-state index is -0.415. The Morgan fingerprint density at radius 1 is 1.14 bits per heavy atom. The van der Waals surface area contributed by atoms with Crippen LogP contribution in [0.3, 0.4) is 0 Å². The standard InChI is InChI=1S/C11H8FN3O.C8H5FN2O/c12-7-2-1-3-9-11(7)13-4-10-8(5-16)14-6-15(9)10;9-6-1-7-8(11-3-6)5(4-12)2-10-7/h1-3,5-6,13H,4H2;1-4,10H. The summed E-state index contributed by atoms with van der Waals surface area (Å²) in [5.74, 6) is -0.716. The van der Waals surface area contributed by atoms with Crippen molar-refractivity contribution < 1.29 is 18.4 Å². The number of pyridine rings is 1. The molecule has 0 radical (unpaired) electrons. The maximum absolute atomic E-state index is 13.5. The Morgan fingerprint density at radius 2 is 2.00 bits per heavy atom. The largest absolute Gasteiger partial charge is 0.375 e. The molecule has 4 heterocycles. The van der Waals surface area contributed by atoms with Crippen LogP contribution in [0.4, 0.5) is 14.5 Å². The fourth-order valence-electron chi connectivity index (χ4n) is 3.02. The van der Waals surface area contributed by atoms with E-state index >= 15 is 0 Å². The molecule has 28 heavy (non-hydrogen) atoms. The van der Waals surface area contributed by atoms with Crippen LogP contribution in [-0.2, 0) is 6.54 Å². The smallest absolute Gasteiger partial charge is 0.170 e. The molecule has 0 saturated carbocycles. The minimum absolute atomic E-state index is 0.301. The number of hydrogen-bond donors (Lipinski definition) is 2. The number of anilines is 1. The average Bonchev–Trinajstić information content (AvgIpc) is 3.31. The summed E-state index contributed by atoms with van der Waals surface area (Å²) in [5.41, 5.74) is 3.77. The molecular formula is C19H13F2N5O2. The van der Waals surface area contributed by atoms with Gasteiger partial charge in [0.05, 0.1) is 46.4 Å². The zero-order chi connectivity index (χ0) is 19.7. The Morgan fingerprint density at radius 3 is 2.79 bits per heavy atom. The van der Waals surface area contributed by atoms with Crippen LogP contribution in [0.15, 0.2) is 43.0 Å². The molecule has 0 fully saturated rings. The summed E-state index contributed by atoms with van der Waals surface area (Å²) in [6.07, 6.45) is 5.52. The van der Waals surface area contributed by atoms with Gasteiger partial charge in [0.2, 0.25) is 0 Å². The summed E-state index contributed by atoms with van der Waals surface area (Å²) in [4.78, 5) is 31.7. The van der Waals surface area contributed by atoms with Gasteiger partial charge in [0, 0.05) is 12.3 Å². The lowest BCUT2D eigenvalue weighted by Crippen LogP contribution is -2.16. The number of para-hydroxylation sites is 1. The monoisotopic (exact) mass is 381 g/mol. The zero-order valence-corrected chi connectivity index (χ0v) is 14.3. The Bertz CT molecular complexity index is 1200. The van der Waals surface area contributed by atoms with E-state index < -0.39 is 5.82 Å². The first kappa shape index (κ1) is 17.5. The molecule has 7 nitrogen and oxygen atoms in total. The number of fused-ring (bicyclic) bond motifs is 4. The van der Waals surface area contributed by atoms with Crippen LogP contribution in [0.5, 0.6) is 0 Å². The van der Waals surface area contributed by atoms with Crippen LogP contribution < -0.4 is 5.32 Å². The number of H-pyrrole nitrogens is 1. The van der Waals surface area contributed by atoms with Gasteiger partial charge in [-0.1, -0.05) is 6.07 Å². The molecule has 0 unspecified atom stereocenters.